The minimum atomic E-state index is -0.328. The monoisotopic (exact) mass is 383 g/mol. The molecule has 0 spiro atoms. The summed E-state index contributed by atoms with van der Waals surface area (Å²) in [5, 5.41) is 5.87. The van der Waals surface area contributed by atoms with E-state index in [0.717, 1.165) is 31.2 Å². The summed E-state index contributed by atoms with van der Waals surface area (Å²) in [7, 11) is 0. The number of nitrogens with zero attached hydrogens (tertiary/aromatic N) is 1. The first-order valence-corrected chi connectivity index (χ1v) is 9.91. The maximum Gasteiger partial charge on any atom is 0.269 e. The van der Waals surface area contributed by atoms with Gasteiger partial charge in [-0.05, 0) is 49.1 Å². The zero-order chi connectivity index (χ0) is 19.8. The van der Waals surface area contributed by atoms with E-state index in [1.54, 1.807) is 18.2 Å². The predicted octanol–water partition coefficient (Wildman–Crippen LogP) is 3.65. The molecule has 1 heterocycles. The Kier molecular flexibility index (Phi) is 7.12. The van der Waals surface area contributed by atoms with Crippen molar-refractivity contribution in [3.05, 3.63) is 65.2 Å². The number of carbonyl (C=O) groups excluding carboxylic acids is 2. The first-order valence-electron chi connectivity index (χ1n) is 9.91. The number of pyridine rings is 1. The van der Waals surface area contributed by atoms with Crippen molar-refractivity contribution in [2.45, 2.75) is 51.0 Å². The molecule has 0 unspecified atom stereocenters. The normalized spacial score (nSPS) is 14.9. The number of benzene rings is 1. The van der Waals surface area contributed by atoms with E-state index in [-0.39, 0.29) is 29.4 Å². The summed E-state index contributed by atoms with van der Waals surface area (Å²) in [4.78, 5) is 28.9. The maximum absolute atomic E-state index is 12.9. The molecule has 0 aliphatic heterocycles. The van der Waals surface area contributed by atoms with Gasteiger partial charge in [-0.15, -0.1) is 0 Å². The summed E-state index contributed by atoms with van der Waals surface area (Å²) >= 11 is 0. The Morgan fingerprint density at radius 2 is 1.71 bits per heavy atom. The minimum Gasteiger partial charge on any atom is -0.350 e. The van der Waals surface area contributed by atoms with E-state index in [4.69, 9.17) is 0 Å². The molecule has 2 amide bonds. The standard InChI is InChI=1S/C22H26FN3O2/c23-18-9-7-16(8-10-18)11-13-25-22(28)20-15-17(12-14-24-20)21(27)26-19-5-3-1-2-4-6-19/h7-10,12,14-15,19H,1-6,11,13H2,(H,25,28)(H,26,27). The van der Waals surface area contributed by atoms with Gasteiger partial charge in [-0.2, -0.15) is 0 Å². The summed E-state index contributed by atoms with van der Waals surface area (Å²) in [6.45, 7) is 0.407. The van der Waals surface area contributed by atoms with E-state index in [1.807, 2.05) is 0 Å². The number of halogens is 1. The Labute approximate surface area is 164 Å². The van der Waals surface area contributed by atoms with Crippen LogP contribution < -0.4 is 10.6 Å². The molecule has 0 radical (unpaired) electrons. The number of aromatic nitrogens is 1. The van der Waals surface area contributed by atoms with Crippen molar-refractivity contribution >= 4 is 11.8 Å². The minimum absolute atomic E-state index is 0.158. The fraction of sp³-hybridized carbons (Fsp3) is 0.409. The van der Waals surface area contributed by atoms with Crippen molar-refractivity contribution in [2.24, 2.45) is 0 Å². The van der Waals surface area contributed by atoms with Crippen LogP contribution in [0, 0.1) is 5.82 Å². The van der Waals surface area contributed by atoms with E-state index in [2.05, 4.69) is 15.6 Å². The van der Waals surface area contributed by atoms with Gasteiger partial charge in [0.05, 0.1) is 0 Å². The van der Waals surface area contributed by atoms with Crippen LogP contribution >= 0.6 is 0 Å². The summed E-state index contributed by atoms with van der Waals surface area (Å²) in [6, 6.07) is 9.54. The van der Waals surface area contributed by atoms with Crippen molar-refractivity contribution in [3.63, 3.8) is 0 Å². The number of nitrogens with one attached hydrogen (secondary N) is 2. The second-order valence-electron chi connectivity index (χ2n) is 7.22. The van der Waals surface area contributed by atoms with Gasteiger partial charge >= 0.3 is 0 Å². The molecule has 2 N–H and O–H groups in total. The highest BCUT2D eigenvalue weighted by Gasteiger charge is 2.17. The fourth-order valence-corrected chi connectivity index (χ4v) is 3.45. The van der Waals surface area contributed by atoms with Crippen molar-refractivity contribution in [1.82, 2.24) is 15.6 Å². The van der Waals surface area contributed by atoms with Gasteiger partial charge < -0.3 is 10.6 Å². The molecule has 28 heavy (non-hydrogen) atoms. The molecule has 1 fully saturated rings. The van der Waals surface area contributed by atoms with E-state index >= 15 is 0 Å². The highest BCUT2D eigenvalue weighted by atomic mass is 19.1. The lowest BCUT2D eigenvalue weighted by Crippen LogP contribution is -2.34. The van der Waals surface area contributed by atoms with Crippen LogP contribution in [0.1, 0.15) is 64.9 Å². The Morgan fingerprint density at radius 3 is 2.43 bits per heavy atom. The quantitative estimate of drug-likeness (QED) is 0.748. The van der Waals surface area contributed by atoms with Crippen LogP contribution in [-0.4, -0.2) is 29.4 Å². The first-order chi connectivity index (χ1) is 13.6. The molecule has 0 bridgehead atoms. The lowest BCUT2D eigenvalue weighted by molar-refractivity contribution is 0.0933. The summed E-state index contributed by atoms with van der Waals surface area (Å²) in [5.74, 6) is -0.767. The van der Waals surface area contributed by atoms with E-state index < -0.39 is 0 Å². The Morgan fingerprint density at radius 1 is 1.00 bits per heavy atom. The largest absolute Gasteiger partial charge is 0.350 e. The molecular weight excluding hydrogens is 357 g/mol. The van der Waals surface area contributed by atoms with Gasteiger partial charge in [0.15, 0.2) is 0 Å². The van der Waals surface area contributed by atoms with Crippen LogP contribution in [0.5, 0.6) is 0 Å². The molecule has 3 rings (SSSR count). The molecule has 1 aromatic heterocycles. The zero-order valence-electron chi connectivity index (χ0n) is 15.9. The van der Waals surface area contributed by atoms with E-state index in [0.29, 0.717) is 18.5 Å². The van der Waals surface area contributed by atoms with Crippen LogP contribution in [0.4, 0.5) is 4.39 Å². The molecule has 1 saturated carbocycles. The van der Waals surface area contributed by atoms with Gasteiger partial charge in [-0.25, -0.2) is 4.39 Å². The van der Waals surface area contributed by atoms with Gasteiger partial charge in [0, 0.05) is 24.3 Å². The second kappa shape index (κ2) is 9.97. The maximum atomic E-state index is 12.9. The Bertz CT molecular complexity index is 800. The lowest BCUT2D eigenvalue weighted by atomic mass is 10.1. The highest BCUT2D eigenvalue weighted by Crippen LogP contribution is 2.17. The average Bonchev–Trinajstić information content (AvgIpc) is 2.98. The second-order valence-corrected chi connectivity index (χ2v) is 7.22. The molecule has 1 aliphatic rings. The van der Waals surface area contributed by atoms with Crippen molar-refractivity contribution in [2.75, 3.05) is 6.54 Å². The number of hydrogen-bond donors (Lipinski definition) is 2. The molecule has 0 saturated heterocycles. The smallest absolute Gasteiger partial charge is 0.269 e. The molecule has 5 nitrogen and oxygen atoms in total. The molecule has 1 aromatic carbocycles. The van der Waals surface area contributed by atoms with Gasteiger partial charge in [0.2, 0.25) is 0 Å². The molecule has 148 valence electrons. The molecule has 2 aromatic rings. The predicted molar refractivity (Wildman–Crippen MR) is 106 cm³/mol. The zero-order valence-corrected chi connectivity index (χ0v) is 15.9. The highest BCUT2D eigenvalue weighted by molar-refractivity contribution is 5.98. The fourth-order valence-electron chi connectivity index (χ4n) is 3.45. The van der Waals surface area contributed by atoms with Gasteiger partial charge in [-0.3, -0.25) is 14.6 Å². The third-order valence-electron chi connectivity index (χ3n) is 5.06. The van der Waals surface area contributed by atoms with Crippen LogP contribution in [0.25, 0.3) is 0 Å². The summed E-state index contributed by atoms with van der Waals surface area (Å²) in [6.07, 6.45) is 8.83. The molecular formula is C22H26FN3O2. The summed E-state index contributed by atoms with van der Waals surface area (Å²) < 4.78 is 12.9. The Hall–Kier alpha value is -2.76. The van der Waals surface area contributed by atoms with Gasteiger partial charge in [-0.1, -0.05) is 37.8 Å². The van der Waals surface area contributed by atoms with Crippen molar-refractivity contribution < 1.29 is 14.0 Å². The average molecular weight is 383 g/mol. The van der Waals surface area contributed by atoms with Crippen molar-refractivity contribution in [1.29, 1.82) is 0 Å². The molecule has 0 atom stereocenters. The van der Waals surface area contributed by atoms with E-state index in [9.17, 15) is 14.0 Å². The number of rotatable bonds is 6. The first kappa shape index (κ1) is 20.0. The van der Waals surface area contributed by atoms with Crippen LogP contribution in [-0.2, 0) is 6.42 Å². The van der Waals surface area contributed by atoms with Crippen molar-refractivity contribution in [3.8, 4) is 0 Å². The number of hydrogen-bond acceptors (Lipinski definition) is 3. The van der Waals surface area contributed by atoms with E-state index in [1.165, 1.54) is 37.2 Å². The van der Waals surface area contributed by atoms with Gasteiger partial charge in [0.1, 0.15) is 11.5 Å². The SMILES string of the molecule is O=C(NC1CCCCCC1)c1ccnc(C(=O)NCCc2ccc(F)cc2)c1. The Balaban J connectivity index is 1.53. The van der Waals surface area contributed by atoms with Crippen LogP contribution in [0.2, 0.25) is 0 Å². The molecule has 1 aliphatic carbocycles. The topological polar surface area (TPSA) is 71.1 Å². The van der Waals surface area contributed by atoms with Gasteiger partial charge in [0.25, 0.3) is 11.8 Å². The summed E-state index contributed by atoms with van der Waals surface area (Å²) in [5.41, 5.74) is 1.60. The lowest BCUT2D eigenvalue weighted by Gasteiger charge is -2.16. The number of amides is 2. The van der Waals surface area contributed by atoms with Crippen LogP contribution in [0.15, 0.2) is 42.6 Å². The number of carbonyl (C=O) groups is 2. The third-order valence-corrected chi connectivity index (χ3v) is 5.06. The molecule has 6 heteroatoms. The third kappa shape index (κ3) is 5.87. The van der Waals surface area contributed by atoms with Crippen LogP contribution in [0.3, 0.4) is 0 Å².